The lowest BCUT2D eigenvalue weighted by molar-refractivity contribution is 0.166. The molecule has 0 fully saturated rings. The fraction of sp³-hybridized carbons (Fsp3) is 0.333. The maximum Gasteiger partial charge on any atom is 0.272 e. The first-order valence-electron chi connectivity index (χ1n) is 8.07. The molecule has 6 nitrogen and oxygen atoms in total. The van der Waals surface area contributed by atoms with Crippen LogP contribution in [0.2, 0.25) is 0 Å². The molecule has 126 valence electrons. The molecule has 1 N–H and O–H groups in total. The van der Waals surface area contributed by atoms with Crippen LogP contribution < -0.4 is 5.56 Å². The van der Waals surface area contributed by atoms with Crippen molar-refractivity contribution in [2.45, 2.75) is 19.5 Å². The number of nitrogens with one attached hydrogen (secondary N) is 1. The van der Waals surface area contributed by atoms with Crippen LogP contribution >= 0.6 is 0 Å². The highest BCUT2D eigenvalue weighted by Gasteiger charge is 2.10. The third kappa shape index (κ3) is 4.10. The van der Waals surface area contributed by atoms with E-state index in [4.69, 9.17) is 4.74 Å². The molecule has 0 unspecified atom stereocenters. The number of aromatic nitrogens is 3. The summed E-state index contributed by atoms with van der Waals surface area (Å²) in [7, 11) is 1.71. The molecule has 24 heavy (non-hydrogen) atoms. The first-order chi connectivity index (χ1) is 11.8. The maximum absolute atomic E-state index is 12.1. The van der Waals surface area contributed by atoms with E-state index in [1.807, 2.05) is 18.2 Å². The minimum absolute atomic E-state index is 0.0865. The number of hydrogen-bond acceptors (Lipinski definition) is 4. The minimum atomic E-state index is -0.0865. The maximum atomic E-state index is 12.1. The Hall–Kier alpha value is -2.44. The standard InChI is InChI=1S/C18H22N4O2/c1-24-11-5-10-21(13-15-6-3-2-4-7-15)14-16-12-18(23)22-17(20-16)8-9-19-22/h2-4,6-9,12,19H,5,10-11,13-14H2,1H3. The first-order valence-corrected chi connectivity index (χ1v) is 8.07. The summed E-state index contributed by atoms with van der Waals surface area (Å²) in [5.41, 5.74) is 2.59. The molecular formula is C18H22N4O2. The molecular weight excluding hydrogens is 304 g/mol. The van der Waals surface area contributed by atoms with E-state index in [9.17, 15) is 4.79 Å². The highest BCUT2D eigenvalue weighted by molar-refractivity contribution is 5.36. The summed E-state index contributed by atoms with van der Waals surface area (Å²) in [6, 6.07) is 13.7. The summed E-state index contributed by atoms with van der Waals surface area (Å²) >= 11 is 0. The molecule has 0 aliphatic carbocycles. The second-order valence-electron chi connectivity index (χ2n) is 5.78. The second-order valence-corrected chi connectivity index (χ2v) is 5.78. The molecule has 0 aliphatic heterocycles. The van der Waals surface area contributed by atoms with Gasteiger partial charge in [0.15, 0.2) is 5.65 Å². The normalized spacial score (nSPS) is 11.4. The zero-order valence-electron chi connectivity index (χ0n) is 13.8. The van der Waals surface area contributed by atoms with E-state index in [2.05, 4.69) is 27.1 Å². The summed E-state index contributed by atoms with van der Waals surface area (Å²) in [6.45, 7) is 3.06. The topological polar surface area (TPSA) is 62.6 Å². The number of rotatable bonds is 8. The lowest BCUT2D eigenvalue weighted by atomic mass is 10.2. The number of fused-ring (bicyclic) bond motifs is 1. The molecule has 2 aromatic heterocycles. The van der Waals surface area contributed by atoms with Gasteiger partial charge in [0.1, 0.15) is 0 Å². The van der Waals surface area contributed by atoms with Crippen molar-refractivity contribution in [2.24, 2.45) is 0 Å². The van der Waals surface area contributed by atoms with Gasteiger partial charge in [-0.1, -0.05) is 30.3 Å². The lowest BCUT2D eigenvalue weighted by Crippen LogP contribution is -2.27. The van der Waals surface area contributed by atoms with E-state index < -0.39 is 0 Å². The molecule has 6 heteroatoms. The van der Waals surface area contributed by atoms with E-state index in [-0.39, 0.29) is 5.56 Å². The van der Waals surface area contributed by atoms with Gasteiger partial charge in [-0.15, -0.1) is 0 Å². The third-order valence-corrected chi connectivity index (χ3v) is 3.89. The quantitative estimate of drug-likeness (QED) is 0.644. The lowest BCUT2D eigenvalue weighted by Gasteiger charge is -2.22. The van der Waals surface area contributed by atoms with E-state index in [1.165, 1.54) is 10.1 Å². The van der Waals surface area contributed by atoms with Gasteiger partial charge in [0.05, 0.1) is 5.69 Å². The Labute approximate surface area is 140 Å². The average molecular weight is 326 g/mol. The molecule has 3 aromatic rings. The van der Waals surface area contributed by atoms with Crippen molar-refractivity contribution in [2.75, 3.05) is 20.3 Å². The van der Waals surface area contributed by atoms with Gasteiger partial charge in [-0.05, 0) is 12.0 Å². The Morgan fingerprint density at radius 1 is 1.21 bits per heavy atom. The van der Waals surface area contributed by atoms with Crippen molar-refractivity contribution in [3.05, 3.63) is 70.3 Å². The number of ether oxygens (including phenoxy) is 1. The Morgan fingerprint density at radius 2 is 2.04 bits per heavy atom. The Morgan fingerprint density at radius 3 is 2.83 bits per heavy atom. The molecule has 0 bridgehead atoms. The average Bonchev–Trinajstić information content (AvgIpc) is 3.05. The smallest absolute Gasteiger partial charge is 0.272 e. The Bertz CT molecular complexity index is 826. The van der Waals surface area contributed by atoms with Crippen LogP contribution in [0.5, 0.6) is 0 Å². The molecule has 0 atom stereocenters. The molecule has 0 saturated carbocycles. The van der Waals surface area contributed by atoms with Crippen LogP contribution in [0.15, 0.2) is 53.5 Å². The second kappa shape index (κ2) is 7.90. The van der Waals surface area contributed by atoms with Gasteiger partial charge in [0, 0.05) is 51.7 Å². The molecule has 0 radical (unpaired) electrons. The third-order valence-electron chi connectivity index (χ3n) is 3.89. The predicted molar refractivity (Wildman–Crippen MR) is 92.9 cm³/mol. The summed E-state index contributed by atoms with van der Waals surface area (Å²) in [5, 5.41) is 2.86. The number of hydrogen-bond donors (Lipinski definition) is 1. The molecule has 0 saturated heterocycles. The van der Waals surface area contributed by atoms with Crippen molar-refractivity contribution < 1.29 is 4.74 Å². The molecule has 3 rings (SSSR count). The Kier molecular flexibility index (Phi) is 5.40. The van der Waals surface area contributed by atoms with Crippen molar-refractivity contribution in [3.63, 3.8) is 0 Å². The number of nitrogens with zero attached hydrogens (tertiary/aromatic N) is 3. The van der Waals surface area contributed by atoms with Gasteiger partial charge in [0.2, 0.25) is 0 Å². The van der Waals surface area contributed by atoms with Gasteiger partial charge in [-0.3, -0.25) is 14.8 Å². The zero-order valence-corrected chi connectivity index (χ0v) is 13.8. The van der Waals surface area contributed by atoms with E-state index in [1.54, 1.807) is 25.4 Å². The summed E-state index contributed by atoms with van der Waals surface area (Å²) in [5.74, 6) is 0. The van der Waals surface area contributed by atoms with E-state index in [0.717, 1.165) is 31.8 Å². The van der Waals surface area contributed by atoms with Crippen molar-refractivity contribution in [3.8, 4) is 0 Å². The SMILES string of the molecule is COCCCN(Cc1ccccc1)Cc1cc(=O)n2[nH]ccc2n1. The van der Waals surface area contributed by atoms with Crippen LogP contribution in [-0.2, 0) is 17.8 Å². The summed E-state index contributed by atoms with van der Waals surface area (Å²) in [6.07, 6.45) is 2.66. The fourth-order valence-corrected chi connectivity index (χ4v) is 2.78. The highest BCUT2D eigenvalue weighted by atomic mass is 16.5. The molecule has 1 aromatic carbocycles. The van der Waals surface area contributed by atoms with Crippen molar-refractivity contribution >= 4 is 5.65 Å². The van der Waals surface area contributed by atoms with Crippen LogP contribution in [-0.4, -0.2) is 39.8 Å². The van der Waals surface area contributed by atoms with Gasteiger partial charge in [-0.2, -0.15) is 0 Å². The van der Waals surface area contributed by atoms with Crippen LogP contribution in [0.4, 0.5) is 0 Å². The van der Waals surface area contributed by atoms with Crippen LogP contribution in [0.3, 0.4) is 0 Å². The molecule has 0 aliphatic rings. The summed E-state index contributed by atoms with van der Waals surface area (Å²) in [4.78, 5) is 19.0. The van der Waals surface area contributed by atoms with E-state index >= 15 is 0 Å². The summed E-state index contributed by atoms with van der Waals surface area (Å²) < 4.78 is 6.60. The number of aromatic amines is 1. The molecule has 0 spiro atoms. The van der Waals surface area contributed by atoms with Crippen LogP contribution in [0.25, 0.3) is 5.65 Å². The monoisotopic (exact) mass is 326 g/mol. The van der Waals surface area contributed by atoms with Gasteiger partial charge < -0.3 is 4.74 Å². The van der Waals surface area contributed by atoms with Gasteiger partial charge in [-0.25, -0.2) is 9.50 Å². The minimum Gasteiger partial charge on any atom is -0.385 e. The zero-order chi connectivity index (χ0) is 16.8. The molecule has 2 heterocycles. The van der Waals surface area contributed by atoms with Crippen LogP contribution in [0.1, 0.15) is 17.7 Å². The predicted octanol–water partition coefficient (Wildman–Crippen LogP) is 2.06. The van der Waals surface area contributed by atoms with Crippen LogP contribution in [0, 0.1) is 0 Å². The first kappa shape index (κ1) is 16.4. The number of benzene rings is 1. The molecule has 0 amide bonds. The van der Waals surface area contributed by atoms with Crippen molar-refractivity contribution in [1.29, 1.82) is 0 Å². The van der Waals surface area contributed by atoms with Gasteiger partial charge in [0.25, 0.3) is 5.56 Å². The van der Waals surface area contributed by atoms with E-state index in [0.29, 0.717) is 12.2 Å². The largest absolute Gasteiger partial charge is 0.385 e. The fourth-order valence-electron chi connectivity index (χ4n) is 2.78. The Balaban J connectivity index is 1.77. The van der Waals surface area contributed by atoms with Crippen molar-refractivity contribution in [1.82, 2.24) is 19.5 Å². The highest BCUT2D eigenvalue weighted by Crippen LogP contribution is 2.09. The van der Waals surface area contributed by atoms with Gasteiger partial charge >= 0.3 is 0 Å². The number of H-pyrrole nitrogens is 1. The number of methoxy groups -OCH3 is 1.